The van der Waals surface area contributed by atoms with Gasteiger partial charge in [-0.3, -0.25) is 4.79 Å². The Bertz CT molecular complexity index is 107. The number of Topliss-reactive ketones (excluding diaryl/α,β-unsaturated/α-hetero) is 1. The average Bonchev–Trinajstić information content (AvgIpc) is 2.03. The Morgan fingerprint density at radius 3 is 2.36 bits per heavy atom. The molecule has 1 heteroatoms. The first-order chi connectivity index (χ1) is 5.22. The normalized spacial score (nSPS) is 13.0. The highest BCUT2D eigenvalue weighted by molar-refractivity contribution is 5.80. The van der Waals surface area contributed by atoms with Crippen molar-refractivity contribution in [2.24, 2.45) is 5.92 Å². The molecule has 0 heterocycles. The Hall–Kier alpha value is -0.330. The fraction of sp³-hybridized carbons (Fsp3) is 0.900. The van der Waals surface area contributed by atoms with E-state index in [9.17, 15) is 4.79 Å². The van der Waals surface area contributed by atoms with Crippen molar-refractivity contribution >= 4 is 5.78 Å². The predicted octanol–water partition coefficient (Wildman–Crippen LogP) is 3.18. The molecule has 0 aliphatic rings. The minimum Gasteiger partial charge on any atom is -0.299 e. The second-order valence-electron chi connectivity index (χ2n) is 3.23. The van der Waals surface area contributed by atoms with Gasteiger partial charge in [0.05, 0.1) is 0 Å². The largest absolute Gasteiger partial charge is 0.299 e. The first-order valence-electron chi connectivity index (χ1n) is 4.75. The van der Waals surface area contributed by atoms with Gasteiger partial charge in [-0.1, -0.05) is 33.6 Å². The maximum atomic E-state index is 11.2. The van der Waals surface area contributed by atoms with Gasteiger partial charge in [-0.2, -0.15) is 0 Å². The molecule has 0 radical (unpaired) electrons. The van der Waals surface area contributed by atoms with Crippen molar-refractivity contribution in [2.45, 2.75) is 52.9 Å². The lowest BCUT2D eigenvalue weighted by Crippen LogP contribution is -2.08. The molecule has 0 spiro atoms. The van der Waals surface area contributed by atoms with Crippen LogP contribution in [-0.2, 0) is 4.79 Å². The zero-order valence-corrected chi connectivity index (χ0v) is 8.02. The van der Waals surface area contributed by atoms with E-state index in [4.69, 9.17) is 0 Å². The number of unbranched alkanes of at least 4 members (excludes halogenated alkanes) is 2. The summed E-state index contributed by atoms with van der Waals surface area (Å²) in [6, 6.07) is 0. The van der Waals surface area contributed by atoms with Gasteiger partial charge in [-0.05, 0) is 12.8 Å². The topological polar surface area (TPSA) is 17.1 Å². The molecule has 66 valence electrons. The first kappa shape index (κ1) is 10.7. The maximum Gasteiger partial charge on any atom is 0.135 e. The number of carbonyl (C=O) groups excluding carboxylic acids is 1. The first-order valence-corrected chi connectivity index (χ1v) is 4.75. The molecule has 0 aromatic heterocycles. The van der Waals surface area contributed by atoms with Crippen LogP contribution in [0.4, 0.5) is 0 Å². The van der Waals surface area contributed by atoms with E-state index >= 15 is 0 Å². The molecule has 0 aromatic rings. The lowest BCUT2D eigenvalue weighted by atomic mass is 9.99. The van der Waals surface area contributed by atoms with Crippen molar-refractivity contribution in [3.63, 3.8) is 0 Å². The Labute approximate surface area is 70.2 Å². The maximum absolute atomic E-state index is 11.2. The molecular weight excluding hydrogens is 136 g/mol. The molecule has 0 amide bonds. The molecule has 1 atom stereocenters. The third-order valence-electron chi connectivity index (χ3n) is 2.19. The molecule has 0 saturated carbocycles. The monoisotopic (exact) mass is 156 g/mol. The smallest absolute Gasteiger partial charge is 0.135 e. The molecule has 1 nitrogen and oxygen atoms in total. The highest BCUT2D eigenvalue weighted by Crippen LogP contribution is 2.08. The zero-order valence-electron chi connectivity index (χ0n) is 8.02. The van der Waals surface area contributed by atoms with E-state index in [1.165, 1.54) is 12.8 Å². The second kappa shape index (κ2) is 6.38. The fourth-order valence-electron chi connectivity index (χ4n) is 1.02. The van der Waals surface area contributed by atoms with Crippen LogP contribution in [0, 0.1) is 5.92 Å². The molecule has 0 aliphatic heterocycles. The summed E-state index contributed by atoms with van der Waals surface area (Å²) in [6.45, 7) is 6.25. The summed E-state index contributed by atoms with van der Waals surface area (Å²) in [5, 5.41) is 0. The van der Waals surface area contributed by atoms with E-state index in [1.807, 2.05) is 6.92 Å². The van der Waals surface area contributed by atoms with Gasteiger partial charge in [0.2, 0.25) is 0 Å². The van der Waals surface area contributed by atoms with E-state index in [2.05, 4.69) is 13.8 Å². The second-order valence-corrected chi connectivity index (χ2v) is 3.23. The van der Waals surface area contributed by atoms with Gasteiger partial charge in [0.25, 0.3) is 0 Å². The number of ketones is 1. The van der Waals surface area contributed by atoms with Crippen molar-refractivity contribution < 1.29 is 4.79 Å². The Morgan fingerprint density at radius 1 is 1.27 bits per heavy atom. The third-order valence-corrected chi connectivity index (χ3v) is 2.19. The van der Waals surface area contributed by atoms with Gasteiger partial charge in [0.1, 0.15) is 5.78 Å². The van der Waals surface area contributed by atoms with Crippen LogP contribution < -0.4 is 0 Å². The fourth-order valence-corrected chi connectivity index (χ4v) is 1.02. The Kier molecular flexibility index (Phi) is 6.19. The Balaban J connectivity index is 3.36. The summed E-state index contributed by atoms with van der Waals surface area (Å²) in [4.78, 5) is 11.2. The van der Waals surface area contributed by atoms with Gasteiger partial charge in [0.15, 0.2) is 0 Å². The van der Waals surface area contributed by atoms with E-state index in [0.29, 0.717) is 5.78 Å². The van der Waals surface area contributed by atoms with E-state index in [0.717, 1.165) is 19.3 Å². The minimum absolute atomic E-state index is 0.284. The number of rotatable bonds is 6. The molecule has 0 fully saturated rings. The molecule has 11 heavy (non-hydrogen) atoms. The van der Waals surface area contributed by atoms with Gasteiger partial charge in [-0.25, -0.2) is 0 Å². The molecule has 0 aromatic carbocycles. The molecule has 0 bridgehead atoms. The summed E-state index contributed by atoms with van der Waals surface area (Å²) >= 11 is 0. The average molecular weight is 156 g/mol. The number of carbonyl (C=O) groups is 1. The van der Waals surface area contributed by atoms with Gasteiger partial charge >= 0.3 is 0 Å². The van der Waals surface area contributed by atoms with Crippen LogP contribution in [0.1, 0.15) is 52.9 Å². The summed E-state index contributed by atoms with van der Waals surface area (Å²) in [6.07, 6.45) is 5.27. The highest BCUT2D eigenvalue weighted by atomic mass is 16.1. The van der Waals surface area contributed by atoms with Crippen LogP contribution in [0.15, 0.2) is 0 Å². The molecule has 0 unspecified atom stereocenters. The van der Waals surface area contributed by atoms with E-state index < -0.39 is 0 Å². The molecule has 0 N–H and O–H groups in total. The summed E-state index contributed by atoms with van der Waals surface area (Å²) in [7, 11) is 0. The van der Waals surface area contributed by atoms with E-state index in [-0.39, 0.29) is 5.92 Å². The predicted molar refractivity (Wildman–Crippen MR) is 48.6 cm³/mol. The highest BCUT2D eigenvalue weighted by Gasteiger charge is 2.08. The summed E-state index contributed by atoms with van der Waals surface area (Å²) in [5.74, 6) is 0.729. The van der Waals surface area contributed by atoms with Gasteiger partial charge in [-0.15, -0.1) is 0 Å². The summed E-state index contributed by atoms with van der Waals surface area (Å²) in [5.41, 5.74) is 0. The van der Waals surface area contributed by atoms with Gasteiger partial charge in [0, 0.05) is 12.3 Å². The molecular formula is C10H20O. The quantitative estimate of drug-likeness (QED) is 0.540. The van der Waals surface area contributed by atoms with Crippen LogP contribution in [0.5, 0.6) is 0 Å². The van der Waals surface area contributed by atoms with Crippen molar-refractivity contribution in [1.82, 2.24) is 0 Å². The molecule has 0 rings (SSSR count). The van der Waals surface area contributed by atoms with Crippen LogP contribution in [0.3, 0.4) is 0 Å². The van der Waals surface area contributed by atoms with Crippen LogP contribution in [0.2, 0.25) is 0 Å². The summed E-state index contributed by atoms with van der Waals surface area (Å²) < 4.78 is 0. The van der Waals surface area contributed by atoms with Crippen molar-refractivity contribution in [2.75, 3.05) is 0 Å². The van der Waals surface area contributed by atoms with Crippen LogP contribution >= 0.6 is 0 Å². The zero-order chi connectivity index (χ0) is 8.69. The minimum atomic E-state index is 0.284. The van der Waals surface area contributed by atoms with Crippen molar-refractivity contribution in [3.05, 3.63) is 0 Å². The third kappa shape index (κ3) is 5.00. The van der Waals surface area contributed by atoms with Crippen LogP contribution in [0.25, 0.3) is 0 Å². The number of hydrogen-bond donors (Lipinski definition) is 0. The lowest BCUT2D eigenvalue weighted by Gasteiger charge is -2.05. The van der Waals surface area contributed by atoms with Crippen molar-refractivity contribution in [1.29, 1.82) is 0 Å². The van der Waals surface area contributed by atoms with Gasteiger partial charge < -0.3 is 0 Å². The lowest BCUT2D eigenvalue weighted by molar-refractivity contribution is -0.122. The molecule has 0 aliphatic carbocycles. The van der Waals surface area contributed by atoms with Crippen molar-refractivity contribution in [3.8, 4) is 0 Å². The van der Waals surface area contributed by atoms with E-state index in [1.54, 1.807) is 0 Å². The Morgan fingerprint density at radius 2 is 1.91 bits per heavy atom. The van der Waals surface area contributed by atoms with Crippen LogP contribution in [-0.4, -0.2) is 5.78 Å². The number of hydrogen-bond acceptors (Lipinski definition) is 1. The standard InChI is InChI=1S/C10H20O/c1-4-6-7-8-10(11)9(3)5-2/h9H,4-8H2,1-3H3/t9-/m1/s1. The molecule has 0 saturated heterocycles. The SMILES string of the molecule is CCCCCC(=O)[C@H](C)CC.